The summed E-state index contributed by atoms with van der Waals surface area (Å²) in [5.74, 6) is 1.88. The fourth-order valence-electron chi connectivity index (χ4n) is 6.36. The van der Waals surface area contributed by atoms with Gasteiger partial charge in [-0.3, -0.25) is 0 Å². The van der Waals surface area contributed by atoms with Gasteiger partial charge < -0.3 is 40.7 Å². The molecule has 334 valence electrons. The van der Waals surface area contributed by atoms with Crippen molar-refractivity contribution in [3.05, 3.63) is 236 Å². The van der Waals surface area contributed by atoms with Gasteiger partial charge >= 0.3 is 23.5 Å². The minimum Gasteiger partial charge on any atom is -0.386 e. The maximum Gasteiger partial charge on any atom is 0.647 e. The Bertz CT molecular complexity index is 2850. The molecule has 0 saturated heterocycles. The lowest BCUT2D eigenvalue weighted by atomic mass is 9.78. The molecule has 0 bridgehead atoms. The minimum atomic E-state index is -4.49. The van der Waals surface area contributed by atoms with Crippen molar-refractivity contribution >= 4 is 23.5 Å². The summed E-state index contributed by atoms with van der Waals surface area (Å²) in [5.41, 5.74) is 1.23. The first-order valence-corrected chi connectivity index (χ1v) is 24.9. The summed E-state index contributed by atoms with van der Waals surface area (Å²) < 4.78 is 95.5. The second-order valence-electron chi connectivity index (χ2n) is 14.9. The van der Waals surface area contributed by atoms with Crippen molar-refractivity contribution in [2.45, 2.75) is 19.3 Å². The van der Waals surface area contributed by atoms with Gasteiger partial charge in [0.25, 0.3) is 0 Å². The van der Waals surface area contributed by atoms with Crippen LogP contribution in [-0.2, 0) is 19.1 Å². The van der Waals surface area contributed by atoms with Gasteiger partial charge in [-0.2, -0.15) is 13.7 Å². The zero-order chi connectivity index (χ0) is 45.9. The van der Waals surface area contributed by atoms with Gasteiger partial charge in [0, 0.05) is 11.5 Å². The van der Waals surface area contributed by atoms with E-state index in [-0.39, 0.29) is 40.2 Å². The quantitative estimate of drug-likeness (QED) is 0.0673. The molecule has 1 atom stereocenters. The number of benzene rings is 8. The van der Waals surface area contributed by atoms with Gasteiger partial charge in [-0.25, -0.2) is 0 Å². The molecule has 0 aliphatic carbocycles. The van der Waals surface area contributed by atoms with Gasteiger partial charge in [-0.1, -0.05) is 135 Å². The van der Waals surface area contributed by atoms with Gasteiger partial charge in [0.15, 0.2) is 0 Å². The van der Waals surface area contributed by atoms with Gasteiger partial charge in [0.2, 0.25) is 0 Å². The Morgan fingerprint density at radius 3 is 0.697 bits per heavy atom. The lowest BCUT2D eigenvalue weighted by Gasteiger charge is -2.27. The predicted molar refractivity (Wildman–Crippen MR) is 252 cm³/mol. The first-order chi connectivity index (χ1) is 31.9. The Labute approximate surface area is 383 Å². The number of rotatable bonds is 20. The van der Waals surface area contributed by atoms with Crippen LogP contribution in [0, 0.1) is 0 Å². The summed E-state index contributed by atoms with van der Waals surface area (Å²) in [5, 5.41) is 0. The second-order valence-corrected chi connectivity index (χ2v) is 19.2. The Morgan fingerprint density at radius 1 is 0.258 bits per heavy atom. The highest BCUT2D eigenvalue weighted by Crippen LogP contribution is 2.54. The van der Waals surface area contributed by atoms with Crippen LogP contribution in [0.15, 0.2) is 224 Å². The van der Waals surface area contributed by atoms with Crippen LogP contribution in [0.25, 0.3) is 0 Å². The molecule has 0 aliphatic heterocycles. The largest absolute Gasteiger partial charge is 0.647 e. The van der Waals surface area contributed by atoms with E-state index in [0.717, 1.165) is 11.1 Å². The molecule has 0 aliphatic rings. The van der Waals surface area contributed by atoms with Crippen LogP contribution < -0.4 is 40.7 Å². The molecule has 8 aromatic carbocycles. The number of hydrogen-bond donors (Lipinski definition) is 0. The SMILES string of the molecule is CC(C)(c1ccc(OP(=O)(Oc2ccccc2)Oc2ccccc2)cc1)c1ccc(OP(=O)(Oc2ccccc2)Oc2cccc(OP(=O)(Oc3ccccc3)Oc3ccccc3)c2)cc1. The van der Waals surface area contributed by atoms with Crippen LogP contribution in [0.4, 0.5) is 0 Å². The van der Waals surface area contributed by atoms with Crippen molar-refractivity contribution in [3.8, 4) is 51.7 Å². The fourth-order valence-corrected chi connectivity index (χ4v) is 10.1. The smallest absolute Gasteiger partial charge is 0.386 e. The molecule has 0 amide bonds. The standard InChI is InChI=1S/C51H43O12P3/c1-51(2,40-31-35-47(36-32-40)60-64(52,55-42-19-8-3-9-20-42)56-43-21-10-4-11-22-43)41-33-37-48(38-34-41)61-66(54,59-46-27-16-7-17-28-46)63-50-30-18-29-49(39-50)62-65(53,57-44-23-12-5-13-24-44)58-45-25-14-6-15-26-45/h3-39H,1-2H3. The molecule has 0 radical (unpaired) electrons. The molecule has 0 fully saturated rings. The zero-order valence-electron chi connectivity index (χ0n) is 35.6. The maximum absolute atomic E-state index is 14.6. The van der Waals surface area contributed by atoms with Crippen LogP contribution in [0.3, 0.4) is 0 Å². The number of phosphoric acid groups is 3. The molecule has 0 spiro atoms. The molecule has 0 heterocycles. The molecule has 0 N–H and O–H groups in total. The first-order valence-electron chi connectivity index (χ1n) is 20.5. The van der Waals surface area contributed by atoms with Crippen LogP contribution in [0.5, 0.6) is 51.7 Å². The van der Waals surface area contributed by atoms with E-state index < -0.39 is 28.9 Å². The highest BCUT2D eigenvalue weighted by molar-refractivity contribution is 7.50. The van der Waals surface area contributed by atoms with E-state index in [2.05, 4.69) is 0 Å². The van der Waals surface area contributed by atoms with E-state index in [4.69, 9.17) is 40.7 Å². The Hall–Kier alpha value is -7.35. The van der Waals surface area contributed by atoms with Crippen molar-refractivity contribution in [2.75, 3.05) is 0 Å². The maximum atomic E-state index is 14.6. The number of para-hydroxylation sites is 5. The Kier molecular flexibility index (Phi) is 13.9. The molecular formula is C51H43O12P3. The minimum absolute atomic E-state index is 0.0116. The van der Waals surface area contributed by atoms with E-state index in [1.165, 1.54) is 18.2 Å². The van der Waals surface area contributed by atoms with Crippen LogP contribution in [0.2, 0.25) is 0 Å². The van der Waals surface area contributed by atoms with Gasteiger partial charge in [-0.05, 0) is 108 Å². The lowest BCUT2D eigenvalue weighted by molar-refractivity contribution is 0.293. The molecule has 0 aromatic heterocycles. The highest BCUT2D eigenvalue weighted by Gasteiger charge is 2.37. The normalized spacial score (nSPS) is 12.4. The third kappa shape index (κ3) is 12.3. The Morgan fingerprint density at radius 2 is 0.455 bits per heavy atom. The van der Waals surface area contributed by atoms with E-state index in [0.29, 0.717) is 11.5 Å². The molecule has 8 aromatic rings. The predicted octanol–water partition coefficient (Wildman–Crippen LogP) is 14.9. The van der Waals surface area contributed by atoms with E-state index in [1.54, 1.807) is 170 Å². The van der Waals surface area contributed by atoms with Gasteiger partial charge in [0.1, 0.15) is 51.7 Å². The molecule has 0 saturated carbocycles. The lowest BCUT2D eigenvalue weighted by Crippen LogP contribution is -2.18. The monoisotopic (exact) mass is 940 g/mol. The van der Waals surface area contributed by atoms with E-state index in [9.17, 15) is 13.7 Å². The average molecular weight is 941 g/mol. The van der Waals surface area contributed by atoms with Crippen molar-refractivity contribution in [2.24, 2.45) is 0 Å². The summed E-state index contributed by atoms with van der Waals surface area (Å²) in [6.45, 7) is 4.08. The van der Waals surface area contributed by atoms with Gasteiger partial charge in [-0.15, -0.1) is 0 Å². The van der Waals surface area contributed by atoms with Crippen LogP contribution in [-0.4, -0.2) is 0 Å². The average Bonchev–Trinajstić information content (AvgIpc) is 3.31. The molecular weight excluding hydrogens is 897 g/mol. The fraction of sp³-hybridized carbons (Fsp3) is 0.0588. The van der Waals surface area contributed by atoms with Crippen LogP contribution in [0.1, 0.15) is 25.0 Å². The van der Waals surface area contributed by atoms with E-state index in [1.807, 2.05) is 50.2 Å². The number of phosphoric ester groups is 3. The third-order valence-electron chi connectivity index (χ3n) is 9.63. The molecule has 1 unspecified atom stereocenters. The van der Waals surface area contributed by atoms with Crippen molar-refractivity contribution in [1.82, 2.24) is 0 Å². The first kappa shape index (κ1) is 45.2. The Balaban J connectivity index is 0.988. The topological polar surface area (TPSA) is 134 Å². The molecule has 15 heteroatoms. The highest BCUT2D eigenvalue weighted by atomic mass is 31.2. The van der Waals surface area contributed by atoms with Crippen LogP contribution >= 0.6 is 23.5 Å². The second kappa shape index (κ2) is 20.2. The van der Waals surface area contributed by atoms with Crippen molar-refractivity contribution in [3.63, 3.8) is 0 Å². The van der Waals surface area contributed by atoms with Crippen molar-refractivity contribution in [1.29, 1.82) is 0 Å². The third-order valence-corrected chi connectivity index (χ3v) is 13.5. The summed E-state index contributed by atoms with van der Waals surface area (Å²) in [6.07, 6.45) is 0. The number of hydrogen-bond acceptors (Lipinski definition) is 12. The van der Waals surface area contributed by atoms with E-state index >= 15 is 0 Å². The molecule has 12 nitrogen and oxygen atoms in total. The summed E-state index contributed by atoms with van der Waals surface area (Å²) in [6, 6.07) is 62.8. The summed E-state index contributed by atoms with van der Waals surface area (Å²) in [4.78, 5) is 0. The molecule has 66 heavy (non-hydrogen) atoms. The zero-order valence-corrected chi connectivity index (χ0v) is 38.3. The summed E-state index contributed by atoms with van der Waals surface area (Å²) in [7, 11) is -13.0. The molecule has 8 rings (SSSR count). The summed E-state index contributed by atoms with van der Waals surface area (Å²) >= 11 is 0. The van der Waals surface area contributed by atoms with Crippen molar-refractivity contribution < 1.29 is 54.4 Å². The van der Waals surface area contributed by atoms with Gasteiger partial charge in [0.05, 0.1) is 0 Å².